The van der Waals surface area contributed by atoms with E-state index in [2.05, 4.69) is 20.3 Å². The number of rotatable bonds is 6. The molecular formula is C26H16ClF2N5O3. The molecule has 0 aliphatic rings. The van der Waals surface area contributed by atoms with Gasteiger partial charge in [-0.05, 0) is 35.9 Å². The Hall–Kier alpha value is -4.83. The number of halogens is 3. The van der Waals surface area contributed by atoms with Crippen molar-refractivity contribution in [2.45, 2.75) is 0 Å². The maximum absolute atomic E-state index is 14.9. The van der Waals surface area contributed by atoms with E-state index in [-0.39, 0.29) is 50.1 Å². The first-order valence-electron chi connectivity index (χ1n) is 10.8. The Kier molecular flexibility index (Phi) is 6.24. The molecule has 0 bridgehead atoms. The number of nitrogens with two attached hydrogens (primary N) is 1. The highest BCUT2D eigenvalue weighted by Crippen LogP contribution is 2.33. The van der Waals surface area contributed by atoms with Gasteiger partial charge < -0.3 is 20.8 Å². The minimum Gasteiger partial charge on any atom is -0.453 e. The highest BCUT2D eigenvalue weighted by molar-refractivity contribution is 6.34. The fourth-order valence-corrected chi connectivity index (χ4v) is 3.96. The molecule has 37 heavy (non-hydrogen) atoms. The molecule has 4 N–H and O–H groups in total. The molecule has 184 valence electrons. The average Bonchev–Trinajstić information content (AvgIpc) is 2.87. The van der Waals surface area contributed by atoms with E-state index in [0.29, 0.717) is 11.1 Å². The predicted octanol–water partition coefficient (Wildman–Crippen LogP) is 5.55. The molecular weight excluding hydrogens is 504 g/mol. The second kappa shape index (κ2) is 9.67. The number of nitrogens with zero attached hydrogens (tertiary/aromatic N) is 2. The van der Waals surface area contributed by atoms with Gasteiger partial charge in [-0.2, -0.15) is 0 Å². The molecule has 0 saturated carbocycles. The molecule has 2 aromatic carbocycles. The van der Waals surface area contributed by atoms with Gasteiger partial charge in [0.05, 0.1) is 10.9 Å². The van der Waals surface area contributed by atoms with Crippen LogP contribution in [0.15, 0.2) is 78.0 Å². The van der Waals surface area contributed by atoms with Gasteiger partial charge in [0, 0.05) is 42.0 Å². The van der Waals surface area contributed by atoms with Crippen LogP contribution in [0.5, 0.6) is 11.5 Å². The Bertz CT molecular complexity index is 1740. The topological polar surface area (TPSA) is 123 Å². The zero-order chi connectivity index (χ0) is 26.1. The Morgan fingerprint density at radius 3 is 2.59 bits per heavy atom. The Morgan fingerprint density at radius 2 is 1.84 bits per heavy atom. The molecule has 1 amide bonds. The highest BCUT2D eigenvalue weighted by Gasteiger charge is 2.17. The fraction of sp³-hybridized carbons (Fsp3) is 0. The number of ether oxygens (including phenoxy) is 1. The monoisotopic (exact) mass is 519 g/mol. The van der Waals surface area contributed by atoms with Crippen LogP contribution >= 0.6 is 11.6 Å². The largest absolute Gasteiger partial charge is 0.453 e. The quantitative estimate of drug-likeness (QED) is 0.270. The van der Waals surface area contributed by atoms with Crippen molar-refractivity contribution in [3.63, 3.8) is 0 Å². The third-order valence-electron chi connectivity index (χ3n) is 5.43. The van der Waals surface area contributed by atoms with E-state index in [9.17, 15) is 18.4 Å². The lowest BCUT2D eigenvalue weighted by atomic mass is 10.0. The summed E-state index contributed by atoms with van der Waals surface area (Å²) in [6.07, 6.45) is 4.25. The number of pyridine rings is 3. The second-order valence-corrected chi connectivity index (χ2v) is 8.21. The lowest BCUT2D eigenvalue weighted by molar-refractivity contribution is 0.0995. The summed E-state index contributed by atoms with van der Waals surface area (Å²) >= 11 is 6.10. The van der Waals surface area contributed by atoms with Crippen LogP contribution in [0.2, 0.25) is 5.02 Å². The number of anilines is 2. The number of aromatic nitrogens is 3. The van der Waals surface area contributed by atoms with Crippen LogP contribution < -0.4 is 21.2 Å². The summed E-state index contributed by atoms with van der Waals surface area (Å²) in [7, 11) is 0. The average molecular weight is 520 g/mol. The Balaban J connectivity index is 1.48. The number of carbonyl (C=O) groups excluding carboxylic acids is 1. The van der Waals surface area contributed by atoms with Gasteiger partial charge in [0.15, 0.2) is 11.6 Å². The molecule has 3 aromatic heterocycles. The summed E-state index contributed by atoms with van der Waals surface area (Å²) in [4.78, 5) is 35.8. The van der Waals surface area contributed by atoms with Crippen molar-refractivity contribution >= 4 is 39.9 Å². The normalized spacial score (nSPS) is 10.9. The van der Waals surface area contributed by atoms with Gasteiger partial charge in [0.1, 0.15) is 28.1 Å². The summed E-state index contributed by atoms with van der Waals surface area (Å²) in [6.45, 7) is 0. The first-order valence-corrected chi connectivity index (χ1v) is 11.1. The number of primary amides is 1. The number of aromatic amines is 1. The number of nitrogens with one attached hydrogen (secondary N) is 2. The number of benzene rings is 2. The molecule has 0 saturated heterocycles. The summed E-state index contributed by atoms with van der Waals surface area (Å²) in [5.74, 6) is -2.09. The Labute approximate surface area is 212 Å². The summed E-state index contributed by atoms with van der Waals surface area (Å²) < 4.78 is 34.2. The summed E-state index contributed by atoms with van der Waals surface area (Å²) in [5, 5.41) is 3.01. The first-order chi connectivity index (χ1) is 17.8. The van der Waals surface area contributed by atoms with Crippen LogP contribution in [0.4, 0.5) is 20.3 Å². The molecule has 3 heterocycles. The summed E-state index contributed by atoms with van der Waals surface area (Å²) in [6, 6.07) is 12.7. The van der Waals surface area contributed by atoms with E-state index in [1.165, 1.54) is 55.0 Å². The van der Waals surface area contributed by atoms with Gasteiger partial charge in [0.2, 0.25) is 5.43 Å². The van der Waals surface area contributed by atoms with E-state index < -0.39 is 17.5 Å². The maximum Gasteiger partial charge on any atom is 0.268 e. The summed E-state index contributed by atoms with van der Waals surface area (Å²) in [5.41, 5.74) is 6.06. The molecule has 0 aliphatic heterocycles. The van der Waals surface area contributed by atoms with E-state index in [1.807, 2.05) is 0 Å². The number of hydrogen-bond donors (Lipinski definition) is 3. The standard InChI is InChI=1S/C26H16ClF2N5O3/c27-22-20(7-9-31-23(22)25(30)36)37-19-5-4-15(11-17(19)29)34-26-21-18(6-8-32-26)33-12-16(24(21)35)13-2-1-3-14(28)10-13/h1-12H,(H2,30,36)(H,32,34)(H,33,35). The minimum atomic E-state index is -0.853. The smallest absolute Gasteiger partial charge is 0.268 e. The predicted molar refractivity (Wildman–Crippen MR) is 135 cm³/mol. The van der Waals surface area contributed by atoms with Crippen molar-refractivity contribution in [2.24, 2.45) is 5.73 Å². The maximum atomic E-state index is 14.9. The first kappa shape index (κ1) is 23.9. The van der Waals surface area contributed by atoms with Crippen LogP contribution in [0.25, 0.3) is 22.0 Å². The molecule has 5 rings (SSSR count). The van der Waals surface area contributed by atoms with Crippen LogP contribution in [-0.2, 0) is 0 Å². The van der Waals surface area contributed by atoms with Gasteiger partial charge >= 0.3 is 0 Å². The molecule has 5 aromatic rings. The molecule has 8 nitrogen and oxygen atoms in total. The van der Waals surface area contributed by atoms with Gasteiger partial charge in [0.25, 0.3) is 5.91 Å². The van der Waals surface area contributed by atoms with Crippen LogP contribution in [-0.4, -0.2) is 20.9 Å². The highest BCUT2D eigenvalue weighted by atomic mass is 35.5. The van der Waals surface area contributed by atoms with Crippen molar-refractivity contribution in [2.75, 3.05) is 5.32 Å². The van der Waals surface area contributed by atoms with E-state index in [1.54, 1.807) is 12.1 Å². The fourth-order valence-electron chi connectivity index (χ4n) is 3.72. The molecule has 0 aliphatic carbocycles. The van der Waals surface area contributed by atoms with Crippen LogP contribution in [0.3, 0.4) is 0 Å². The van der Waals surface area contributed by atoms with E-state index in [4.69, 9.17) is 22.1 Å². The van der Waals surface area contributed by atoms with Crippen molar-refractivity contribution < 1.29 is 18.3 Å². The van der Waals surface area contributed by atoms with Crippen molar-refractivity contribution in [1.82, 2.24) is 15.0 Å². The molecule has 0 unspecified atom stereocenters. The second-order valence-electron chi connectivity index (χ2n) is 7.83. The molecule has 0 spiro atoms. The SMILES string of the molecule is NC(=O)c1nccc(Oc2ccc(Nc3nccc4[nH]cc(-c5cccc(F)c5)c(=O)c34)cc2F)c1Cl. The third kappa shape index (κ3) is 4.69. The number of carbonyl (C=O) groups is 1. The lowest BCUT2D eigenvalue weighted by Gasteiger charge is -2.12. The number of H-pyrrole nitrogens is 1. The van der Waals surface area contributed by atoms with Gasteiger partial charge in [-0.15, -0.1) is 0 Å². The molecule has 0 fully saturated rings. The number of hydrogen-bond acceptors (Lipinski definition) is 6. The Morgan fingerprint density at radius 1 is 1.03 bits per heavy atom. The van der Waals surface area contributed by atoms with Crippen molar-refractivity contribution in [3.8, 4) is 22.6 Å². The van der Waals surface area contributed by atoms with Gasteiger partial charge in [-0.1, -0.05) is 23.7 Å². The zero-order valence-electron chi connectivity index (χ0n) is 18.8. The zero-order valence-corrected chi connectivity index (χ0v) is 19.5. The molecule has 0 radical (unpaired) electrons. The number of fused-ring (bicyclic) bond motifs is 1. The van der Waals surface area contributed by atoms with Crippen molar-refractivity contribution in [3.05, 3.63) is 106 Å². The lowest BCUT2D eigenvalue weighted by Crippen LogP contribution is -2.13. The van der Waals surface area contributed by atoms with E-state index >= 15 is 0 Å². The molecule has 11 heteroatoms. The van der Waals surface area contributed by atoms with Gasteiger partial charge in [-0.25, -0.2) is 18.7 Å². The third-order valence-corrected chi connectivity index (χ3v) is 5.80. The molecule has 0 atom stereocenters. The van der Waals surface area contributed by atoms with Crippen molar-refractivity contribution in [1.29, 1.82) is 0 Å². The van der Waals surface area contributed by atoms with Gasteiger partial charge in [-0.3, -0.25) is 9.59 Å². The minimum absolute atomic E-state index is 0.00259. The number of amides is 1. The van der Waals surface area contributed by atoms with Crippen LogP contribution in [0.1, 0.15) is 10.5 Å². The van der Waals surface area contributed by atoms with E-state index in [0.717, 1.165) is 6.07 Å². The van der Waals surface area contributed by atoms with Crippen LogP contribution in [0, 0.1) is 11.6 Å².